The summed E-state index contributed by atoms with van der Waals surface area (Å²) in [6.45, 7) is 1.56. The Kier molecular flexibility index (Phi) is 7.88. The number of carbonyl (C=O) groups excluding carboxylic acids is 2. The molecular formula is C20H16Cl2F2N6O5. The summed E-state index contributed by atoms with van der Waals surface area (Å²) < 4.78 is 36.4. The van der Waals surface area contributed by atoms with E-state index in [0.717, 1.165) is 6.20 Å². The standard InChI is InChI=1S/C20H16Cl2F2N6O5/c1-2-34-19(33)28-17(32)13(7-25)30-29-10-3-11(21)16(12(22)4-10)35-18-26-8-14(31)15(27-18)9-5-20(23,24)6-9/h3-4,8-9,29,31H,2,5-6H2,1H3,(H,28,32,33)/b30-13+. The van der Waals surface area contributed by atoms with Crippen LogP contribution in [0.15, 0.2) is 23.4 Å². The van der Waals surface area contributed by atoms with Gasteiger partial charge in [0.25, 0.3) is 5.91 Å². The van der Waals surface area contributed by atoms with Gasteiger partial charge >= 0.3 is 12.1 Å². The molecule has 184 valence electrons. The van der Waals surface area contributed by atoms with Crippen molar-refractivity contribution in [3.05, 3.63) is 34.1 Å². The number of hydrazone groups is 1. The number of anilines is 1. The largest absolute Gasteiger partial charge is 0.504 e. The number of alkyl carbamates (subject to hydrolysis) is 1. The maximum Gasteiger partial charge on any atom is 0.414 e. The van der Waals surface area contributed by atoms with Gasteiger partial charge in [-0.1, -0.05) is 23.2 Å². The third kappa shape index (κ3) is 6.43. The van der Waals surface area contributed by atoms with Crippen LogP contribution in [0.3, 0.4) is 0 Å². The van der Waals surface area contributed by atoms with Crippen molar-refractivity contribution >= 4 is 46.6 Å². The first-order valence-electron chi connectivity index (χ1n) is 9.85. The number of hydrogen-bond acceptors (Lipinski definition) is 10. The number of nitrogens with zero attached hydrogens (tertiary/aromatic N) is 4. The maximum absolute atomic E-state index is 13.2. The third-order valence-electron chi connectivity index (χ3n) is 4.55. The van der Waals surface area contributed by atoms with Crippen LogP contribution in [0.4, 0.5) is 19.3 Å². The first kappa shape index (κ1) is 25.9. The highest BCUT2D eigenvalue weighted by Crippen LogP contribution is 2.50. The van der Waals surface area contributed by atoms with Gasteiger partial charge in [0.05, 0.1) is 34.2 Å². The van der Waals surface area contributed by atoms with E-state index < -0.39 is 42.4 Å². The van der Waals surface area contributed by atoms with Gasteiger partial charge in [0.15, 0.2) is 11.5 Å². The summed E-state index contributed by atoms with van der Waals surface area (Å²) in [6, 6.07) is 3.82. The minimum Gasteiger partial charge on any atom is -0.504 e. The fourth-order valence-corrected chi connectivity index (χ4v) is 3.52. The average molecular weight is 529 g/mol. The number of benzene rings is 1. The Morgan fingerprint density at radius 2 is 2.00 bits per heavy atom. The van der Waals surface area contributed by atoms with Crippen LogP contribution >= 0.6 is 23.2 Å². The van der Waals surface area contributed by atoms with Crippen LogP contribution in [-0.2, 0) is 9.53 Å². The van der Waals surface area contributed by atoms with Gasteiger partial charge in [0.1, 0.15) is 6.07 Å². The number of alkyl halides is 2. The second kappa shape index (κ2) is 10.7. The molecule has 2 aromatic rings. The highest BCUT2D eigenvalue weighted by molar-refractivity contribution is 6.47. The van der Waals surface area contributed by atoms with Gasteiger partial charge in [0, 0.05) is 18.8 Å². The molecule has 1 fully saturated rings. The van der Waals surface area contributed by atoms with E-state index in [-0.39, 0.29) is 45.5 Å². The van der Waals surface area contributed by atoms with E-state index in [2.05, 4.69) is 25.2 Å². The molecule has 1 aliphatic rings. The summed E-state index contributed by atoms with van der Waals surface area (Å²) in [5.41, 5.74) is 1.88. The predicted octanol–water partition coefficient (Wildman–Crippen LogP) is 4.36. The lowest BCUT2D eigenvalue weighted by molar-refractivity contribution is -0.114. The van der Waals surface area contributed by atoms with Crippen LogP contribution < -0.4 is 15.5 Å². The second-order valence-corrected chi connectivity index (χ2v) is 7.93. The SMILES string of the molecule is CCOC(=O)NC(=O)/C(C#N)=N/Nc1cc(Cl)c(Oc2ncc(O)c(C3CC(F)(F)C3)n2)c(Cl)c1. The number of amides is 2. The van der Waals surface area contributed by atoms with Crippen LogP contribution in [0.1, 0.15) is 31.4 Å². The lowest BCUT2D eigenvalue weighted by Crippen LogP contribution is -2.36. The highest BCUT2D eigenvalue weighted by Gasteiger charge is 2.47. The van der Waals surface area contributed by atoms with Crippen LogP contribution in [0.5, 0.6) is 17.5 Å². The van der Waals surface area contributed by atoms with Crippen LogP contribution in [0.25, 0.3) is 0 Å². The normalized spacial score (nSPS) is 14.9. The van der Waals surface area contributed by atoms with E-state index in [0.29, 0.717) is 0 Å². The highest BCUT2D eigenvalue weighted by atomic mass is 35.5. The van der Waals surface area contributed by atoms with E-state index >= 15 is 0 Å². The Morgan fingerprint density at radius 1 is 1.34 bits per heavy atom. The second-order valence-electron chi connectivity index (χ2n) is 7.11. The molecule has 1 saturated carbocycles. The Balaban J connectivity index is 1.74. The minimum atomic E-state index is -2.81. The first-order chi connectivity index (χ1) is 16.5. The van der Waals surface area contributed by atoms with Crippen molar-refractivity contribution in [2.45, 2.75) is 31.6 Å². The van der Waals surface area contributed by atoms with E-state index in [9.17, 15) is 23.5 Å². The van der Waals surface area contributed by atoms with Crippen LogP contribution in [-0.4, -0.2) is 45.3 Å². The molecule has 0 saturated heterocycles. The first-order valence-corrected chi connectivity index (χ1v) is 10.6. The minimum absolute atomic E-state index is 0.0194. The van der Waals surface area contributed by atoms with E-state index in [1.54, 1.807) is 0 Å². The average Bonchev–Trinajstić information content (AvgIpc) is 2.76. The zero-order valence-electron chi connectivity index (χ0n) is 17.8. The predicted molar refractivity (Wildman–Crippen MR) is 119 cm³/mol. The Bertz CT molecular complexity index is 1210. The number of imide groups is 1. The fraction of sp³-hybridized carbons (Fsp3) is 0.300. The summed E-state index contributed by atoms with van der Waals surface area (Å²) in [4.78, 5) is 31.0. The molecule has 3 rings (SSSR count). The molecular weight excluding hydrogens is 513 g/mol. The zero-order valence-corrected chi connectivity index (χ0v) is 19.3. The molecule has 1 aliphatic carbocycles. The molecule has 3 N–H and O–H groups in total. The number of aromatic hydroxyl groups is 1. The van der Waals surface area contributed by atoms with Gasteiger partial charge in [-0.2, -0.15) is 20.3 Å². The van der Waals surface area contributed by atoms with Gasteiger partial charge in [-0.25, -0.2) is 13.6 Å². The molecule has 15 heteroatoms. The fourth-order valence-electron chi connectivity index (χ4n) is 2.96. The van der Waals surface area contributed by atoms with E-state index in [1.165, 1.54) is 25.1 Å². The van der Waals surface area contributed by atoms with Gasteiger partial charge < -0.3 is 14.6 Å². The number of halogens is 4. The smallest absolute Gasteiger partial charge is 0.414 e. The number of rotatable bonds is 7. The van der Waals surface area contributed by atoms with Crippen molar-refractivity contribution < 1.29 is 33.0 Å². The molecule has 35 heavy (non-hydrogen) atoms. The molecule has 1 aromatic heterocycles. The molecule has 1 aromatic carbocycles. The lowest BCUT2D eigenvalue weighted by atomic mass is 9.79. The van der Waals surface area contributed by atoms with Crippen molar-refractivity contribution in [1.82, 2.24) is 15.3 Å². The summed E-state index contributed by atoms with van der Waals surface area (Å²) in [5, 5.41) is 24.3. The number of aromatic nitrogens is 2. The van der Waals surface area contributed by atoms with Crippen LogP contribution in [0, 0.1) is 11.3 Å². The van der Waals surface area contributed by atoms with Gasteiger partial charge in [0.2, 0.25) is 11.6 Å². The van der Waals surface area contributed by atoms with E-state index in [1.807, 2.05) is 5.32 Å². The summed E-state index contributed by atoms with van der Waals surface area (Å²) in [5.74, 6) is -4.99. The van der Waals surface area contributed by atoms with Gasteiger partial charge in [-0.3, -0.25) is 15.5 Å². The molecule has 0 spiro atoms. The van der Waals surface area contributed by atoms with Crippen LogP contribution in [0.2, 0.25) is 10.0 Å². The molecule has 0 bridgehead atoms. The lowest BCUT2D eigenvalue weighted by Gasteiger charge is -2.34. The molecule has 11 nitrogen and oxygen atoms in total. The van der Waals surface area contributed by atoms with Crippen molar-refractivity contribution in [2.75, 3.05) is 12.0 Å². The molecule has 2 amide bonds. The number of nitrogens with one attached hydrogen (secondary N) is 2. The molecule has 1 heterocycles. The quantitative estimate of drug-likeness (QED) is 0.350. The Labute approximate surface area is 206 Å². The van der Waals surface area contributed by atoms with Gasteiger partial charge in [-0.05, 0) is 19.1 Å². The number of ether oxygens (including phenoxy) is 2. The number of hydrogen-bond donors (Lipinski definition) is 3. The summed E-state index contributed by atoms with van der Waals surface area (Å²) in [7, 11) is 0. The topological polar surface area (TPSA) is 159 Å². The summed E-state index contributed by atoms with van der Waals surface area (Å²) >= 11 is 12.4. The Hall–Kier alpha value is -3.76. The molecule has 0 unspecified atom stereocenters. The third-order valence-corrected chi connectivity index (χ3v) is 5.11. The van der Waals surface area contributed by atoms with Crippen molar-refractivity contribution in [1.29, 1.82) is 5.26 Å². The van der Waals surface area contributed by atoms with Crippen molar-refractivity contribution in [3.63, 3.8) is 0 Å². The zero-order chi connectivity index (χ0) is 25.8. The number of carbonyl (C=O) groups is 2. The number of nitriles is 1. The monoisotopic (exact) mass is 528 g/mol. The maximum atomic E-state index is 13.2. The molecule has 0 radical (unpaired) electrons. The van der Waals surface area contributed by atoms with Gasteiger partial charge in [-0.15, -0.1) is 0 Å². The summed E-state index contributed by atoms with van der Waals surface area (Å²) in [6.07, 6.45) is -0.937. The molecule has 0 aliphatic heterocycles. The van der Waals surface area contributed by atoms with Crippen molar-refractivity contribution in [2.24, 2.45) is 5.10 Å². The molecule has 0 atom stereocenters. The Morgan fingerprint density at radius 3 is 2.57 bits per heavy atom. The van der Waals surface area contributed by atoms with E-state index in [4.69, 9.17) is 33.2 Å². The van der Waals surface area contributed by atoms with Crippen molar-refractivity contribution in [3.8, 4) is 23.6 Å².